The fraction of sp³-hybridized carbons (Fsp3) is 0.571. The van der Waals surface area contributed by atoms with E-state index in [9.17, 15) is 0 Å². The topological polar surface area (TPSA) is 21.3 Å². The Labute approximate surface area is 119 Å². The molecular weight excluding hydrogens is 269 g/mol. The van der Waals surface area contributed by atoms with Gasteiger partial charge in [-0.3, -0.25) is 0 Å². The molecule has 18 heavy (non-hydrogen) atoms. The lowest BCUT2D eigenvalue weighted by Crippen LogP contribution is -2.48. The van der Waals surface area contributed by atoms with Crippen LogP contribution in [-0.4, -0.2) is 30.5 Å². The van der Waals surface area contributed by atoms with E-state index < -0.39 is 0 Å². The van der Waals surface area contributed by atoms with Gasteiger partial charge in [0, 0.05) is 23.8 Å². The summed E-state index contributed by atoms with van der Waals surface area (Å²) in [5.41, 5.74) is 2.43. The number of hydrogen-bond acceptors (Lipinski definition) is 2. The predicted molar refractivity (Wildman–Crippen MR) is 76.7 cm³/mol. The first kappa shape index (κ1) is 14.1. The lowest BCUT2D eigenvalue weighted by molar-refractivity contribution is 0.0387. The molecule has 1 aliphatic heterocycles. The summed E-state index contributed by atoms with van der Waals surface area (Å²) in [6.45, 7) is 3.55. The quantitative estimate of drug-likeness (QED) is 0.841. The maximum absolute atomic E-state index is 5.94. The van der Waals surface area contributed by atoms with E-state index in [0.717, 1.165) is 19.6 Å². The average molecular weight is 288 g/mol. The Morgan fingerprint density at radius 3 is 2.78 bits per heavy atom. The molecular formula is C14H19Cl2NO. The van der Waals surface area contributed by atoms with E-state index in [4.69, 9.17) is 27.9 Å². The van der Waals surface area contributed by atoms with Crippen molar-refractivity contribution in [3.63, 3.8) is 0 Å². The molecule has 1 unspecified atom stereocenters. The van der Waals surface area contributed by atoms with Crippen molar-refractivity contribution in [2.75, 3.05) is 24.9 Å². The minimum absolute atomic E-state index is 0.0979. The first-order valence-corrected chi connectivity index (χ1v) is 7.32. The molecule has 4 heteroatoms. The summed E-state index contributed by atoms with van der Waals surface area (Å²) in [7, 11) is 0. The second kappa shape index (κ2) is 6.25. The molecule has 2 rings (SSSR count). The Balaban J connectivity index is 2.03. The van der Waals surface area contributed by atoms with Gasteiger partial charge in [-0.05, 0) is 24.5 Å². The number of alkyl halides is 2. The number of benzene rings is 1. The standard InChI is InChI=1S/C14H19Cl2NO/c1-14(9-15,10-16)17-8-13-12-5-3-2-4-11(12)6-7-18-13/h2-5,13,17H,6-10H2,1H3. The van der Waals surface area contributed by atoms with Gasteiger partial charge in [-0.25, -0.2) is 0 Å². The second-order valence-corrected chi connectivity index (χ2v) is 5.55. The highest BCUT2D eigenvalue weighted by atomic mass is 35.5. The molecule has 0 spiro atoms. The fourth-order valence-electron chi connectivity index (χ4n) is 2.12. The molecule has 0 aliphatic carbocycles. The molecule has 1 atom stereocenters. The van der Waals surface area contributed by atoms with E-state index in [-0.39, 0.29) is 11.6 Å². The van der Waals surface area contributed by atoms with Gasteiger partial charge in [-0.15, -0.1) is 23.2 Å². The van der Waals surface area contributed by atoms with Crippen LogP contribution in [0.3, 0.4) is 0 Å². The molecule has 0 amide bonds. The van der Waals surface area contributed by atoms with Crippen LogP contribution in [0, 0.1) is 0 Å². The maximum Gasteiger partial charge on any atom is 0.0952 e. The summed E-state index contributed by atoms with van der Waals surface area (Å²) in [5.74, 6) is 0.982. The molecule has 1 aromatic rings. The summed E-state index contributed by atoms with van der Waals surface area (Å²) in [6.07, 6.45) is 1.09. The first-order chi connectivity index (χ1) is 8.68. The van der Waals surface area contributed by atoms with Gasteiger partial charge in [0.05, 0.1) is 12.7 Å². The van der Waals surface area contributed by atoms with Crippen LogP contribution in [-0.2, 0) is 11.2 Å². The lowest BCUT2D eigenvalue weighted by atomic mass is 9.97. The third kappa shape index (κ3) is 3.18. The summed E-state index contributed by atoms with van der Waals surface area (Å²) in [5, 5.41) is 3.42. The normalized spacial score (nSPS) is 19.6. The zero-order chi connectivity index (χ0) is 13.0. The number of halogens is 2. The fourth-order valence-corrected chi connectivity index (χ4v) is 2.59. The Bertz CT molecular complexity index is 393. The van der Waals surface area contributed by atoms with Crippen molar-refractivity contribution in [1.82, 2.24) is 5.32 Å². The molecule has 0 fully saturated rings. The van der Waals surface area contributed by atoms with Crippen molar-refractivity contribution in [3.05, 3.63) is 35.4 Å². The van der Waals surface area contributed by atoms with E-state index in [1.165, 1.54) is 11.1 Å². The smallest absolute Gasteiger partial charge is 0.0952 e. The largest absolute Gasteiger partial charge is 0.372 e. The van der Waals surface area contributed by atoms with E-state index in [1.54, 1.807) is 0 Å². The van der Waals surface area contributed by atoms with Crippen LogP contribution in [0.2, 0.25) is 0 Å². The third-order valence-corrected chi connectivity index (χ3v) is 4.58. The lowest BCUT2D eigenvalue weighted by Gasteiger charge is -2.31. The molecule has 2 nitrogen and oxygen atoms in total. The summed E-state index contributed by atoms with van der Waals surface area (Å²) in [4.78, 5) is 0. The molecule has 100 valence electrons. The SMILES string of the molecule is CC(CCl)(CCl)NCC1OCCc2ccccc21. The highest BCUT2D eigenvalue weighted by Crippen LogP contribution is 2.26. The molecule has 0 bridgehead atoms. The van der Waals surface area contributed by atoms with Crippen LogP contribution in [0.15, 0.2) is 24.3 Å². The molecule has 0 saturated heterocycles. The highest BCUT2D eigenvalue weighted by molar-refractivity contribution is 6.22. The summed E-state index contributed by atoms with van der Waals surface area (Å²) in [6, 6.07) is 8.45. The van der Waals surface area contributed by atoms with Crippen LogP contribution in [0.4, 0.5) is 0 Å². The van der Waals surface area contributed by atoms with Crippen molar-refractivity contribution >= 4 is 23.2 Å². The minimum Gasteiger partial charge on any atom is -0.372 e. The van der Waals surface area contributed by atoms with Gasteiger partial charge in [0.1, 0.15) is 0 Å². The van der Waals surface area contributed by atoms with Crippen LogP contribution in [0.5, 0.6) is 0 Å². The summed E-state index contributed by atoms with van der Waals surface area (Å²) >= 11 is 11.9. The van der Waals surface area contributed by atoms with Crippen molar-refractivity contribution in [2.24, 2.45) is 0 Å². The number of hydrogen-bond donors (Lipinski definition) is 1. The van der Waals surface area contributed by atoms with Gasteiger partial charge in [-0.2, -0.15) is 0 Å². The molecule has 0 saturated carbocycles. The van der Waals surface area contributed by atoms with Gasteiger partial charge >= 0.3 is 0 Å². The van der Waals surface area contributed by atoms with Crippen LogP contribution in [0.1, 0.15) is 24.2 Å². The number of nitrogens with one attached hydrogen (secondary N) is 1. The van der Waals surface area contributed by atoms with Gasteiger partial charge < -0.3 is 10.1 Å². The Morgan fingerprint density at radius 1 is 1.33 bits per heavy atom. The molecule has 1 aliphatic rings. The van der Waals surface area contributed by atoms with E-state index in [2.05, 4.69) is 29.6 Å². The maximum atomic E-state index is 5.94. The van der Waals surface area contributed by atoms with E-state index in [0.29, 0.717) is 11.8 Å². The van der Waals surface area contributed by atoms with Gasteiger partial charge in [0.2, 0.25) is 0 Å². The third-order valence-electron chi connectivity index (χ3n) is 3.40. The Hall–Kier alpha value is -0.280. The van der Waals surface area contributed by atoms with Gasteiger partial charge in [-0.1, -0.05) is 24.3 Å². The van der Waals surface area contributed by atoms with Crippen LogP contribution >= 0.6 is 23.2 Å². The second-order valence-electron chi connectivity index (χ2n) is 5.02. The van der Waals surface area contributed by atoms with E-state index in [1.807, 2.05) is 6.92 Å². The number of fused-ring (bicyclic) bond motifs is 1. The number of ether oxygens (including phenoxy) is 1. The zero-order valence-electron chi connectivity index (χ0n) is 10.6. The molecule has 1 heterocycles. The van der Waals surface area contributed by atoms with Crippen LogP contribution < -0.4 is 5.32 Å². The van der Waals surface area contributed by atoms with Crippen molar-refractivity contribution in [2.45, 2.75) is 25.0 Å². The molecule has 1 N–H and O–H groups in total. The van der Waals surface area contributed by atoms with E-state index >= 15 is 0 Å². The number of rotatable bonds is 5. The van der Waals surface area contributed by atoms with Gasteiger partial charge in [0.15, 0.2) is 0 Å². The van der Waals surface area contributed by atoms with Crippen molar-refractivity contribution in [1.29, 1.82) is 0 Å². The van der Waals surface area contributed by atoms with Crippen molar-refractivity contribution in [3.8, 4) is 0 Å². The molecule has 0 aromatic heterocycles. The molecule has 0 radical (unpaired) electrons. The predicted octanol–water partition coefficient (Wildman–Crippen LogP) is 3.13. The van der Waals surface area contributed by atoms with Crippen LogP contribution in [0.25, 0.3) is 0 Å². The Kier molecular flexibility index (Phi) is 4.91. The van der Waals surface area contributed by atoms with Gasteiger partial charge in [0.25, 0.3) is 0 Å². The highest BCUT2D eigenvalue weighted by Gasteiger charge is 2.26. The average Bonchev–Trinajstić information content (AvgIpc) is 2.44. The zero-order valence-corrected chi connectivity index (χ0v) is 12.1. The first-order valence-electron chi connectivity index (χ1n) is 6.25. The monoisotopic (exact) mass is 287 g/mol. The Morgan fingerprint density at radius 2 is 2.06 bits per heavy atom. The minimum atomic E-state index is -0.237. The molecule has 1 aromatic carbocycles. The van der Waals surface area contributed by atoms with Crippen molar-refractivity contribution < 1.29 is 4.74 Å². The summed E-state index contributed by atoms with van der Waals surface area (Å²) < 4.78 is 5.84.